The number of amides is 2. The van der Waals surface area contributed by atoms with Gasteiger partial charge in [0.2, 0.25) is 15.9 Å². The maximum absolute atomic E-state index is 11.9. The molecule has 0 aromatic heterocycles. The molecule has 27 heavy (non-hydrogen) atoms. The smallest absolute Gasteiger partial charge is 0.251 e. The summed E-state index contributed by atoms with van der Waals surface area (Å²) in [5, 5.41) is 5.27. The zero-order chi connectivity index (χ0) is 19.9. The van der Waals surface area contributed by atoms with E-state index in [-0.39, 0.29) is 23.3 Å². The second kappa shape index (κ2) is 9.11. The summed E-state index contributed by atoms with van der Waals surface area (Å²) >= 11 is 0. The van der Waals surface area contributed by atoms with Crippen molar-refractivity contribution >= 4 is 27.9 Å². The number of sulfonamides is 1. The van der Waals surface area contributed by atoms with Gasteiger partial charge in [-0.05, 0) is 48.5 Å². The summed E-state index contributed by atoms with van der Waals surface area (Å²) in [7, 11) is -0.557. The van der Waals surface area contributed by atoms with Gasteiger partial charge in [0.25, 0.3) is 5.91 Å². The van der Waals surface area contributed by atoms with Crippen molar-refractivity contribution in [3.63, 3.8) is 0 Å². The Hall–Kier alpha value is -2.97. The third-order valence-electron chi connectivity index (χ3n) is 3.80. The second-order valence-electron chi connectivity index (χ2n) is 5.60. The fraction of sp³-hybridized carbons (Fsp3) is 0.158. The van der Waals surface area contributed by atoms with E-state index in [0.29, 0.717) is 5.56 Å². The molecular weight excluding hydrogens is 366 g/mol. The van der Waals surface area contributed by atoms with Crippen LogP contribution in [0.4, 0.5) is 0 Å². The van der Waals surface area contributed by atoms with Crippen molar-refractivity contribution in [2.75, 3.05) is 14.1 Å². The molecule has 0 radical (unpaired) electrons. The van der Waals surface area contributed by atoms with Gasteiger partial charge in [-0.25, -0.2) is 13.1 Å². The minimum absolute atomic E-state index is 0.167. The van der Waals surface area contributed by atoms with Gasteiger partial charge in [-0.15, -0.1) is 0 Å². The molecule has 0 saturated carbocycles. The van der Waals surface area contributed by atoms with Crippen LogP contribution in [0.2, 0.25) is 0 Å². The van der Waals surface area contributed by atoms with Gasteiger partial charge in [0.05, 0.1) is 4.90 Å². The van der Waals surface area contributed by atoms with Crippen molar-refractivity contribution in [2.24, 2.45) is 0 Å². The molecule has 8 heteroatoms. The van der Waals surface area contributed by atoms with Crippen molar-refractivity contribution in [3.05, 3.63) is 71.3 Å². The highest BCUT2D eigenvalue weighted by Crippen LogP contribution is 2.10. The maximum Gasteiger partial charge on any atom is 0.251 e. The van der Waals surface area contributed by atoms with Crippen LogP contribution in [0.25, 0.3) is 6.08 Å². The minimum Gasteiger partial charge on any atom is -0.355 e. The lowest BCUT2D eigenvalue weighted by atomic mass is 10.1. The van der Waals surface area contributed by atoms with E-state index in [1.807, 2.05) is 0 Å². The number of nitrogens with one attached hydrogen (secondary N) is 3. The van der Waals surface area contributed by atoms with E-state index < -0.39 is 10.0 Å². The summed E-state index contributed by atoms with van der Waals surface area (Å²) < 4.78 is 25.6. The zero-order valence-corrected chi connectivity index (χ0v) is 15.8. The lowest BCUT2D eigenvalue weighted by Gasteiger charge is -2.05. The second-order valence-corrected chi connectivity index (χ2v) is 7.49. The molecule has 7 nitrogen and oxygen atoms in total. The summed E-state index contributed by atoms with van der Waals surface area (Å²) in [5.74, 6) is -0.450. The van der Waals surface area contributed by atoms with E-state index >= 15 is 0 Å². The predicted molar refractivity (Wildman–Crippen MR) is 103 cm³/mol. The molecule has 2 aromatic rings. The first-order valence-electron chi connectivity index (χ1n) is 8.16. The van der Waals surface area contributed by atoms with E-state index in [1.54, 1.807) is 49.5 Å². The molecule has 0 atom stereocenters. The van der Waals surface area contributed by atoms with Crippen molar-refractivity contribution in [1.29, 1.82) is 0 Å². The van der Waals surface area contributed by atoms with Crippen molar-refractivity contribution in [1.82, 2.24) is 15.4 Å². The topological polar surface area (TPSA) is 104 Å². The van der Waals surface area contributed by atoms with E-state index in [0.717, 1.165) is 11.1 Å². The van der Waals surface area contributed by atoms with Crippen LogP contribution in [-0.4, -0.2) is 34.3 Å². The molecule has 0 aliphatic carbocycles. The number of carbonyl (C=O) groups is 2. The van der Waals surface area contributed by atoms with E-state index in [1.165, 1.54) is 25.3 Å². The van der Waals surface area contributed by atoms with Crippen LogP contribution in [-0.2, 0) is 21.4 Å². The number of benzene rings is 2. The molecule has 142 valence electrons. The molecule has 0 fully saturated rings. The molecule has 0 heterocycles. The fourth-order valence-electron chi connectivity index (χ4n) is 2.21. The lowest BCUT2D eigenvalue weighted by molar-refractivity contribution is -0.116. The summed E-state index contributed by atoms with van der Waals surface area (Å²) in [4.78, 5) is 23.6. The molecule has 0 bridgehead atoms. The highest BCUT2D eigenvalue weighted by Gasteiger charge is 2.10. The Kier molecular flexibility index (Phi) is 6.86. The molecule has 2 aromatic carbocycles. The summed E-state index contributed by atoms with van der Waals surface area (Å²) in [5.41, 5.74) is 2.11. The van der Waals surface area contributed by atoms with Gasteiger partial charge in [0, 0.05) is 25.2 Å². The highest BCUT2D eigenvalue weighted by atomic mass is 32.2. The molecule has 3 N–H and O–H groups in total. The lowest BCUT2D eigenvalue weighted by Crippen LogP contribution is -2.21. The molecule has 0 spiro atoms. The maximum atomic E-state index is 11.9. The standard InChI is InChI=1S/C19H21N3O4S/c1-20-19(24)16-8-3-14(4-9-16)7-12-18(23)22-13-15-5-10-17(11-6-15)27(25,26)21-2/h3-12,21H,13H2,1-2H3,(H,20,24)(H,22,23)/b12-7+. The Morgan fingerprint density at radius 1 is 0.963 bits per heavy atom. The first-order chi connectivity index (χ1) is 12.9. The summed E-state index contributed by atoms with van der Waals surface area (Å²) in [6.45, 7) is 0.276. The zero-order valence-electron chi connectivity index (χ0n) is 15.0. The SMILES string of the molecule is CNC(=O)c1ccc(/C=C/C(=O)NCc2ccc(S(=O)(=O)NC)cc2)cc1. The molecule has 0 saturated heterocycles. The third-order valence-corrected chi connectivity index (χ3v) is 5.23. The molecule has 0 unspecified atom stereocenters. The van der Waals surface area contributed by atoms with Crippen molar-refractivity contribution < 1.29 is 18.0 Å². The van der Waals surface area contributed by atoms with Crippen LogP contribution in [0.3, 0.4) is 0 Å². The first-order valence-corrected chi connectivity index (χ1v) is 9.64. The number of hydrogen-bond acceptors (Lipinski definition) is 4. The monoisotopic (exact) mass is 387 g/mol. The summed E-state index contributed by atoms with van der Waals surface area (Å²) in [6.07, 6.45) is 3.04. The molecule has 0 aliphatic rings. The van der Waals surface area contributed by atoms with Gasteiger partial charge in [0.15, 0.2) is 0 Å². The average molecular weight is 387 g/mol. The van der Waals surface area contributed by atoms with Crippen molar-refractivity contribution in [2.45, 2.75) is 11.4 Å². The molecule has 0 aliphatic heterocycles. The highest BCUT2D eigenvalue weighted by molar-refractivity contribution is 7.89. The molecule has 2 rings (SSSR count). The van der Waals surface area contributed by atoms with E-state index in [9.17, 15) is 18.0 Å². The normalized spacial score (nSPS) is 11.3. The number of rotatable bonds is 7. The van der Waals surface area contributed by atoms with Gasteiger partial charge in [-0.1, -0.05) is 24.3 Å². The van der Waals surface area contributed by atoms with E-state index in [2.05, 4.69) is 15.4 Å². The quantitative estimate of drug-likeness (QED) is 0.623. The average Bonchev–Trinajstić information content (AvgIpc) is 2.70. The van der Waals surface area contributed by atoms with Crippen LogP contribution in [0.1, 0.15) is 21.5 Å². The van der Waals surface area contributed by atoms with Gasteiger partial charge in [0.1, 0.15) is 0 Å². The Balaban J connectivity index is 1.90. The molecule has 2 amide bonds. The fourth-order valence-corrected chi connectivity index (χ4v) is 2.94. The van der Waals surface area contributed by atoms with Gasteiger partial charge in [-0.3, -0.25) is 9.59 Å². The number of carbonyl (C=O) groups excluding carboxylic acids is 2. The van der Waals surface area contributed by atoms with Gasteiger partial charge < -0.3 is 10.6 Å². The largest absolute Gasteiger partial charge is 0.355 e. The van der Waals surface area contributed by atoms with E-state index in [4.69, 9.17) is 0 Å². The Morgan fingerprint density at radius 3 is 2.15 bits per heavy atom. The number of hydrogen-bond donors (Lipinski definition) is 3. The Morgan fingerprint density at radius 2 is 1.59 bits per heavy atom. The van der Waals surface area contributed by atoms with Crippen LogP contribution in [0.5, 0.6) is 0 Å². The van der Waals surface area contributed by atoms with Gasteiger partial charge >= 0.3 is 0 Å². The van der Waals surface area contributed by atoms with Crippen LogP contribution in [0.15, 0.2) is 59.5 Å². The Labute approximate surface area is 158 Å². The van der Waals surface area contributed by atoms with Crippen molar-refractivity contribution in [3.8, 4) is 0 Å². The van der Waals surface area contributed by atoms with Crippen LogP contribution >= 0.6 is 0 Å². The summed E-state index contributed by atoms with van der Waals surface area (Å²) in [6, 6.07) is 13.1. The predicted octanol–water partition coefficient (Wildman–Crippen LogP) is 1.28. The Bertz CT molecular complexity index is 934. The minimum atomic E-state index is -3.47. The molecular formula is C19H21N3O4S. The first kappa shape index (κ1) is 20.3. The van der Waals surface area contributed by atoms with Crippen LogP contribution < -0.4 is 15.4 Å². The van der Waals surface area contributed by atoms with Crippen LogP contribution in [0, 0.1) is 0 Å². The third kappa shape index (κ3) is 5.77. The van der Waals surface area contributed by atoms with Gasteiger partial charge in [-0.2, -0.15) is 0 Å².